The van der Waals surface area contributed by atoms with Crippen LogP contribution in [0.15, 0.2) is 52.3 Å². The third kappa shape index (κ3) is 4.75. The Morgan fingerprint density at radius 1 is 1.24 bits per heavy atom. The van der Waals surface area contributed by atoms with E-state index in [9.17, 15) is 21.6 Å². The summed E-state index contributed by atoms with van der Waals surface area (Å²) >= 11 is 1.66. The number of aliphatic carboxylic acids is 1. The number of alkyl halides is 3. The highest BCUT2D eigenvalue weighted by molar-refractivity contribution is 7.92. The molecular formula is C22H22F3N3O4S2. The lowest BCUT2D eigenvalue weighted by Crippen LogP contribution is -2.25. The highest BCUT2D eigenvalue weighted by atomic mass is 32.2. The molecule has 0 radical (unpaired) electrons. The molecule has 4 heterocycles. The standard InChI is InChI=1S/C20H21N3O2S2.C2HF3O2/c1-2-23-10-14(8-21-23)9-22-11-18-17-7-15(16-5-6-26-13-16)3-4-19(17)27(24,25)20(18)12-22;3-2(4,5)1(6)7/h3-8,10,13,18,20H,2,9,11-12H2,1H3;(H,6,7). The highest BCUT2D eigenvalue weighted by Gasteiger charge is 2.50. The van der Waals surface area contributed by atoms with Crippen LogP contribution in [0.2, 0.25) is 0 Å². The van der Waals surface area contributed by atoms with Crippen molar-refractivity contribution in [3.8, 4) is 11.1 Å². The minimum absolute atomic E-state index is 0.0600. The van der Waals surface area contributed by atoms with Gasteiger partial charge in [0.2, 0.25) is 0 Å². The van der Waals surface area contributed by atoms with Gasteiger partial charge >= 0.3 is 12.1 Å². The Morgan fingerprint density at radius 3 is 2.56 bits per heavy atom. The number of benzene rings is 1. The number of aromatic nitrogens is 2. The summed E-state index contributed by atoms with van der Waals surface area (Å²) in [5.74, 6) is -2.70. The van der Waals surface area contributed by atoms with Crippen molar-refractivity contribution in [1.82, 2.24) is 14.7 Å². The molecule has 182 valence electrons. The maximum Gasteiger partial charge on any atom is 0.490 e. The second-order valence-electron chi connectivity index (χ2n) is 8.16. The van der Waals surface area contributed by atoms with Gasteiger partial charge in [-0.3, -0.25) is 9.58 Å². The van der Waals surface area contributed by atoms with Crippen LogP contribution in [-0.2, 0) is 27.7 Å². The summed E-state index contributed by atoms with van der Waals surface area (Å²) in [6.07, 6.45) is -1.15. The van der Waals surface area contributed by atoms with E-state index in [0.29, 0.717) is 11.4 Å². The number of halogens is 3. The number of sulfone groups is 1. The quantitative estimate of drug-likeness (QED) is 0.567. The minimum Gasteiger partial charge on any atom is -0.475 e. The summed E-state index contributed by atoms with van der Waals surface area (Å²) in [5, 5.41) is 15.3. The molecule has 34 heavy (non-hydrogen) atoms. The molecule has 0 bridgehead atoms. The lowest BCUT2D eigenvalue weighted by molar-refractivity contribution is -0.192. The zero-order chi connectivity index (χ0) is 24.7. The predicted molar refractivity (Wildman–Crippen MR) is 120 cm³/mol. The second-order valence-corrected chi connectivity index (χ2v) is 11.1. The van der Waals surface area contributed by atoms with E-state index in [1.165, 1.54) is 0 Å². The number of thiophene rings is 1. The van der Waals surface area contributed by atoms with Gasteiger partial charge < -0.3 is 5.11 Å². The molecule has 5 rings (SSSR count). The van der Waals surface area contributed by atoms with E-state index in [1.54, 1.807) is 11.3 Å². The van der Waals surface area contributed by atoms with Gasteiger partial charge in [0.05, 0.1) is 16.3 Å². The molecule has 2 atom stereocenters. The first-order valence-corrected chi connectivity index (χ1v) is 12.9. The Hall–Kier alpha value is -2.70. The third-order valence-corrected chi connectivity index (χ3v) is 8.91. The largest absolute Gasteiger partial charge is 0.490 e. The number of aryl methyl sites for hydroxylation is 1. The van der Waals surface area contributed by atoms with E-state index in [4.69, 9.17) is 9.90 Å². The molecule has 0 saturated carbocycles. The molecule has 0 aliphatic carbocycles. The van der Waals surface area contributed by atoms with Gasteiger partial charge in [-0.2, -0.15) is 29.6 Å². The van der Waals surface area contributed by atoms with Crippen molar-refractivity contribution in [3.05, 3.63) is 58.5 Å². The van der Waals surface area contributed by atoms with Crippen LogP contribution in [0.1, 0.15) is 24.0 Å². The Morgan fingerprint density at radius 2 is 1.97 bits per heavy atom. The highest BCUT2D eigenvalue weighted by Crippen LogP contribution is 2.46. The Labute approximate surface area is 198 Å². The summed E-state index contributed by atoms with van der Waals surface area (Å²) in [6, 6.07) is 7.93. The first kappa shape index (κ1) is 24.4. The summed E-state index contributed by atoms with van der Waals surface area (Å²) in [7, 11) is -3.25. The smallest absolute Gasteiger partial charge is 0.475 e. The zero-order valence-electron chi connectivity index (χ0n) is 18.1. The molecule has 1 saturated heterocycles. The van der Waals surface area contributed by atoms with Crippen LogP contribution in [0.4, 0.5) is 13.2 Å². The molecule has 1 N–H and O–H groups in total. The van der Waals surface area contributed by atoms with Crippen molar-refractivity contribution in [1.29, 1.82) is 0 Å². The first-order valence-electron chi connectivity index (χ1n) is 10.4. The van der Waals surface area contributed by atoms with Crippen LogP contribution in [0.25, 0.3) is 11.1 Å². The van der Waals surface area contributed by atoms with Gasteiger partial charge in [-0.15, -0.1) is 0 Å². The molecule has 2 aliphatic rings. The number of hydrogen-bond donors (Lipinski definition) is 1. The van der Waals surface area contributed by atoms with Gasteiger partial charge in [0.1, 0.15) is 0 Å². The van der Waals surface area contributed by atoms with Gasteiger partial charge in [0.25, 0.3) is 0 Å². The number of carboxylic acid groups (broad SMARTS) is 1. The van der Waals surface area contributed by atoms with E-state index >= 15 is 0 Å². The molecule has 2 aliphatic heterocycles. The van der Waals surface area contributed by atoms with E-state index in [2.05, 4.69) is 39.8 Å². The number of rotatable bonds is 4. The molecule has 7 nitrogen and oxygen atoms in total. The van der Waals surface area contributed by atoms with Crippen molar-refractivity contribution >= 4 is 27.1 Å². The number of hydrogen-bond acceptors (Lipinski definition) is 6. The summed E-state index contributed by atoms with van der Waals surface area (Å²) < 4.78 is 59.8. The van der Waals surface area contributed by atoms with Gasteiger partial charge in [0, 0.05) is 43.9 Å². The molecule has 1 aromatic carbocycles. The Kier molecular flexibility index (Phi) is 6.58. The lowest BCUT2D eigenvalue weighted by Gasteiger charge is -2.16. The number of likely N-dealkylation sites (tertiary alicyclic amines) is 1. The Bertz CT molecular complexity index is 1290. The van der Waals surface area contributed by atoms with Crippen LogP contribution >= 0.6 is 11.3 Å². The van der Waals surface area contributed by atoms with Crippen LogP contribution in [0, 0.1) is 0 Å². The second kappa shape index (κ2) is 9.16. The number of carbonyl (C=O) groups is 1. The van der Waals surface area contributed by atoms with E-state index in [0.717, 1.165) is 41.9 Å². The molecule has 3 aromatic rings. The molecule has 0 amide bonds. The number of nitrogens with zero attached hydrogens (tertiary/aromatic N) is 3. The van der Waals surface area contributed by atoms with Crippen LogP contribution in [0.3, 0.4) is 0 Å². The molecule has 12 heteroatoms. The molecular weight excluding hydrogens is 491 g/mol. The normalized spacial score (nSPS) is 20.9. The van der Waals surface area contributed by atoms with Gasteiger partial charge in [-0.25, -0.2) is 13.2 Å². The fourth-order valence-corrected chi connectivity index (χ4v) is 7.24. The van der Waals surface area contributed by atoms with E-state index in [-0.39, 0.29) is 11.2 Å². The topological polar surface area (TPSA) is 92.5 Å². The lowest BCUT2D eigenvalue weighted by atomic mass is 9.95. The van der Waals surface area contributed by atoms with Crippen molar-refractivity contribution in [2.24, 2.45) is 0 Å². The van der Waals surface area contributed by atoms with Crippen molar-refractivity contribution < 1.29 is 31.5 Å². The summed E-state index contributed by atoms with van der Waals surface area (Å²) in [4.78, 5) is 11.7. The minimum atomic E-state index is -5.08. The van der Waals surface area contributed by atoms with Gasteiger partial charge in [-0.05, 0) is 52.6 Å². The number of fused-ring (bicyclic) bond motifs is 3. The fraction of sp³-hybridized carbons (Fsp3) is 0.364. The van der Waals surface area contributed by atoms with E-state index in [1.807, 2.05) is 29.2 Å². The first-order chi connectivity index (χ1) is 16.0. The van der Waals surface area contributed by atoms with Crippen molar-refractivity contribution in [3.63, 3.8) is 0 Å². The maximum absolute atomic E-state index is 13.1. The molecule has 2 aromatic heterocycles. The average Bonchev–Trinajstić information content (AvgIpc) is 3.56. The average molecular weight is 514 g/mol. The van der Waals surface area contributed by atoms with Crippen LogP contribution in [-0.4, -0.2) is 58.7 Å². The fourth-order valence-electron chi connectivity index (χ4n) is 4.38. The van der Waals surface area contributed by atoms with Crippen molar-refractivity contribution in [2.45, 2.75) is 42.3 Å². The monoisotopic (exact) mass is 513 g/mol. The summed E-state index contributed by atoms with van der Waals surface area (Å²) in [5.41, 5.74) is 4.40. The molecule has 2 unspecified atom stereocenters. The summed E-state index contributed by atoms with van der Waals surface area (Å²) in [6.45, 7) is 5.03. The SMILES string of the molecule is CCn1cc(CN2CC3c4cc(-c5ccsc5)ccc4S(=O)(=O)C3C2)cn1.O=C(O)C(F)(F)F. The van der Waals surface area contributed by atoms with Crippen LogP contribution < -0.4 is 0 Å². The van der Waals surface area contributed by atoms with Gasteiger partial charge in [-0.1, -0.05) is 6.07 Å². The van der Waals surface area contributed by atoms with Crippen LogP contribution in [0.5, 0.6) is 0 Å². The van der Waals surface area contributed by atoms with Gasteiger partial charge in [0.15, 0.2) is 9.84 Å². The molecule has 1 fully saturated rings. The molecule has 0 spiro atoms. The Balaban J connectivity index is 0.000000344. The predicted octanol–water partition coefficient (Wildman–Crippen LogP) is 4.02. The van der Waals surface area contributed by atoms with E-state index < -0.39 is 22.0 Å². The number of carboxylic acids is 1. The third-order valence-electron chi connectivity index (χ3n) is 5.97. The maximum atomic E-state index is 13.1. The van der Waals surface area contributed by atoms with Crippen molar-refractivity contribution in [2.75, 3.05) is 13.1 Å². The zero-order valence-corrected chi connectivity index (χ0v) is 19.7.